The fourth-order valence-corrected chi connectivity index (χ4v) is 2.59. The molecule has 19 heavy (non-hydrogen) atoms. The molecule has 1 aliphatic carbocycles. The predicted octanol–water partition coefficient (Wildman–Crippen LogP) is 4.08. The highest BCUT2D eigenvalue weighted by Crippen LogP contribution is 2.38. The number of fused-ring (bicyclic) bond motifs is 1. The summed E-state index contributed by atoms with van der Waals surface area (Å²) in [4.78, 5) is 0. The molecule has 0 bridgehead atoms. The average molecular weight is 248 g/mol. The van der Waals surface area contributed by atoms with E-state index in [0.29, 0.717) is 0 Å². The molecule has 0 saturated carbocycles. The van der Waals surface area contributed by atoms with Crippen molar-refractivity contribution >= 4 is 11.6 Å². The van der Waals surface area contributed by atoms with E-state index in [1.807, 2.05) is 48.5 Å². The molecule has 2 aromatic rings. The van der Waals surface area contributed by atoms with Crippen LogP contribution in [0.1, 0.15) is 22.8 Å². The van der Waals surface area contributed by atoms with Crippen LogP contribution < -0.4 is 0 Å². The van der Waals surface area contributed by atoms with Gasteiger partial charge in [-0.2, -0.15) is 0 Å². The molecule has 3 rings (SSSR count). The summed E-state index contributed by atoms with van der Waals surface area (Å²) < 4.78 is 0. The van der Waals surface area contributed by atoms with Crippen LogP contribution in [0.2, 0.25) is 0 Å². The van der Waals surface area contributed by atoms with E-state index in [2.05, 4.69) is 24.8 Å². The third kappa shape index (κ3) is 2.13. The van der Waals surface area contributed by atoms with Gasteiger partial charge in [0.25, 0.3) is 0 Å². The summed E-state index contributed by atoms with van der Waals surface area (Å²) in [5.74, 6) is -0.0581. The Morgan fingerprint density at radius 3 is 2.42 bits per heavy atom. The molecule has 2 atom stereocenters. The summed E-state index contributed by atoms with van der Waals surface area (Å²) in [5.41, 5.74) is 4.21. The van der Waals surface area contributed by atoms with Crippen LogP contribution in [-0.4, -0.2) is 5.11 Å². The van der Waals surface area contributed by atoms with E-state index >= 15 is 0 Å². The first-order valence-electron chi connectivity index (χ1n) is 6.47. The van der Waals surface area contributed by atoms with Crippen LogP contribution in [0.5, 0.6) is 0 Å². The van der Waals surface area contributed by atoms with Gasteiger partial charge in [-0.3, -0.25) is 0 Å². The topological polar surface area (TPSA) is 20.2 Å². The van der Waals surface area contributed by atoms with Crippen LogP contribution in [0.4, 0.5) is 0 Å². The molecule has 0 fully saturated rings. The maximum Gasteiger partial charge on any atom is 0.0893 e. The molecule has 94 valence electrons. The minimum atomic E-state index is -0.543. The van der Waals surface area contributed by atoms with E-state index in [9.17, 15) is 5.11 Å². The molecule has 0 unspecified atom stereocenters. The van der Waals surface area contributed by atoms with Gasteiger partial charge in [0, 0.05) is 5.92 Å². The van der Waals surface area contributed by atoms with Gasteiger partial charge in [0.2, 0.25) is 0 Å². The Hall–Kier alpha value is -2.12. The van der Waals surface area contributed by atoms with E-state index < -0.39 is 6.10 Å². The van der Waals surface area contributed by atoms with Crippen molar-refractivity contribution in [2.75, 3.05) is 0 Å². The van der Waals surface area contributed by atoms with Crippen LogP contribution in [-0.2, 0) is 0 Å². The standard InChI is InChI=1S/C18H16O/c1-13-16-10-6-5-7-14(16)11-12-17(13)18(19)15-8-3-2-4-9-15/h2-12,17-19H,1H2/t17-,18-/m1/s1. The Balaban J connectivity index is 1.95. The number of hydrogen-bond donors (Lipinski definition) is 1. The van der Waals surface area contributed by atoms with Gasteiger partial charge in [0.15, 0.2) is 0 Å². The van der Waals surface area contributed by atoms with Crippen LogP contribution in [0.3, 0.4) is 0 Å². The Morgan fingerprint density at radius 2 is 1.63 bits per heavy atom. The summed E-state index contributed by atoms with van der Waals surface area (Å²) >= 11 is 0. The van der Waals surface area contributed by atoms with Gasteiger partial charge < -0.3 is 5.11 Å². The van der Waals surface area contributed by atoms with Gasteiger partial charge in [-0.1, -0.05) is 73.3 Å². The fraction of sp³-hybridized carbons (Fsp3) is 0.111. The molecule has 0 amide bonds. The van der Waals surface area contributed by atoms with E-state index in [-0.39, 0.29) is 5.92 Å². The van der Waals surface area contributed by atoms with Gasteiger partial charge in [-0.05, 0) is 22.3 Å². The third-order valence-electron chi connectivity index (χ3n) is 3.67. The highest BCUT2D eigenvalue weighted by molar-refractivity contribution is 5.80. The monoisotopic (exact) mass is 248 g/mol. The fourth-order valence-electron chi connectivity index (χ4n) is 2.59. The molecule has 1 heteroatoms. The zero-order valence-electron chi connectivity index (χ0n) is 10.7. The van der Waals surface area contributed by atoms with Crippen molar-refractivity contribution in [2.45, 2.75) is 6.10 Å². The van der Waals surface area contributed by atoms with Crippen molar-refractivity contribution in [3.63, 3.8) is 0 Å². The lowest BCUT2D eigenvalue weighted by atomic mass is 9.80. The number of aliphatic hydroxyl groups excluding tert-OH is 1. The van der Waals surface area contributed by atoms with Gasteiger partial charge in [-0.25, -0.2) is 0 Å². The first-order valence-corrected chi connectivity index (χ1v) is 6.47. The SMILES string of the molecule is C=C1c2ccccc2C=C[C@H]1[C@H](O)c1ccccc1. The zero-order valence-corrected chi connectivity index (χ0v) is 10.7. The van der Waals surface area contributed by atoms with Gasteiger partial charge in [0.05, 0.1) is 6.10 Å². The van der Waals surface area contributed by atoms with Gasteiger partial charge in [0.1, 0.15) is 0 Å². The molecule has 0 aromatic heterocycles. The minimum absolute atomic E-state index is 0.0581. The quantitative estimate of drug-likeness (QED) is 0.849. The normalized spacial score (nSPS) is 19.0. The van der Waals surface area contributed by atoms with Crippen molar-refractivity contribution < 1.29 is 5.11 Å². The predicted molar refractivity (Wildman–Crippen MR) is 79.4 cm³/mol. The van der Waals surface area contributed by atoms with Crippen LogP contribution in [0.15, 0.2) is 67.3 Å². The second-order valence-electron chi connectivity index (χ2n) is 4.85. The van der Waals surface area contributed by atoms with Crippen molar-refractivity contribution in [2.24, 2.45) is 5.92 Å². The number of aliphatic hydroxyl groups is 1. The van der Waals surface area contributed by atoms with Crippen molar-refractivity contribution in [1.82, 2.24) is 0 Å². The van der Waals surface area contributed by atoms with Crippen LogP contribution >= 0.6 is 0 Å². The second-order valence-corrected chi connectivity index (χ2v) is 4.85. The van der Waals surface area contributed by atoms with Gasteiger partial charge >= 0.3 is 0 Å². The highest BCUT2D eigenvalue weighted by Gasteiger charge is 2.25. The third-order valence-corrected chi connectivity index (χ3v) is 3.67. The van der Waals surface area contributed by atoms with Crippen LogP contribution in [0, 0.1) is 5.92 Å². The number of hydrogen-bond acceptors (Lipinski definition) is 1. The molecule has 1 nitrogen and oxygen atoms in total. The molecule has 0 saturated heterocycles. The molecule has 2 aromatic carbocycles. The van der Waals surface area contributed by atoms with E-state index in [1.54, 1.807) is 0 Å². The van der Waals surface area contributed by atoms with Gasteiger partial charge in [-0.15, -0.1) is 0 Å². The summed E-state index contributed by atoms with van der Waals surface area (Å²) in [7, 11) is 0. The summed E-state index contributed by atoms with van der Waals surface area (Å²) in [5, 5.41) is 10.5. The summed E-state index contributed by atoms with van der Waals surface area (Å²) in [6.07, 6.45) is 3.57. The lowest BCUT2D eigenvalue weighted by Gasteiger charge is -2.27. The summed E-state index contributed by atoms with van der Waals surface area (Å²) in [6, 6.07) is 17.9. The lowest BCUT2D eigenvalue weighted by Crippen LogP contribution is -2.14. The molecule has 0 spiro atoms. The highest BCUT2D eigenvalue weighted by atomic mass is 16.3. The second kappa shape index (κ2) is 4.87. The molecule has 0 radical (unpaired) electrons. The molecule has 1 aliphatic rings. The largest absolute Gasteiger partial charge is 0.387 e. The number of rotatable bonds is 2. The molecule has 0 heterocycles. The molecular weight excluding hydrogens is 232 g/mol. The Morgan fingerprint density at radius 1 is 0.947 bits per heavy atom. The van der Waals surface area contributed by atoms with Crippen LogP contribution in [0.25, 0.3) is 11.6 Å². The van der Waals surface area contributed by atoms with E-state index in [0.717, 1.165) is 16.7 Å². The van der Waals surface area contributed by atoms with E-state index in [1.165, 1.54) is 5.56 Å². The Labute approximate surface area is 113 Å². The minimum Gasteiger partial charge on any atom is -0.387 e. The first-order chi connectivity index (χ1) is 9.27. The van der Waals surface area contributed by atoms with E-state index in [4.69, 9.17) is 0 Å². The summed E-state index contributed by atoms with van der Waals surface area (Å²) in [6.45, 7) is 4.17. The molecule has 0 aliphatic heterocycles. The number of benzene rings is 2. The molecule has 1 N–H and O–H groups in total. The van der Waals surface area contributed by atoms with Crippen molar-refractivity contribution in [3.8, 4) is 0 Å². The van der Waals surface area contributed by atoms with Crippen molar-refractivity contribution in [3.05, 3.63) is 83.9 Å². The average Bonchev–Trinajstić information content (AvgIpc) is 2.48. The maximum absolute atomic E-state index is 10.5. The Bertz CT molecular complexity index is 625. The smallest absolute Gasteiger partial charge is 0.0893 e. The Kier molecular flexibility index (Phi) is 3.06. The zero-order chi connectivity index (χ0) is 13.2. The molecular formula is C18H16O. The lowest BCUT2D eigenvalue weighted by molar-refractivity contribution is 0.155. The maximum atomic E-state index is 10.5. The first kappa shape index (κ1) is 11.9. The van der Waals surface area contributed by atoms with Crippen molar-refractivity contribution in [1.29, 1.82) is 0 Å².